The van der Waals surface area contributed by atoms with E-state index in [0.29, 0.717) is 0 Å². The minimum Gasteiger partial charge on any atom is -0.337 e. The molecular weight excluding hydrogens is 296 g/mol. The molecule has 3 heterocycles. The van der Waals surface area contributed by atoms with Crippen molar-refractivity contribution in [3.63, 3.8) is 0 Å². The summed E-state index contributed by atoms with van der Waals surface area (Å²) in [5.74, 6) is 0.760. The number of aryl methyl sites for hydroxylation is 1. The lowest BCUT2D eigenvalue weighted by atomic mass is 10.1. The number of rotatable bonds is 3. The summed E-state index contributed by atoms with van der Waals surface area (Å²) in [6, 6.07) is 16.3. The van der Waals surface area contributed by atoms with Crippen molar-refractivity contribution in [2.75, 3.05) is 0 Å². The molecule has 0 unspecified atom stereocenters. The van der Waals surface area contributed by atoms with Crippen LogP contribution in [0.5, 0.6) is 0 Å². The van der Waals surface area contributed by atoms with Gasteiger partial charge in [0, 0.05) is 24.2 Å². The van der Waals surface area contributed by atoms with E-state index in [4.69, 9.17) is 0 Å². The van der Waals surface area contributed by atoms with Crippen LogP contribution in [0.3, 0.4) is 0 Å². The lowest BCUT2D eigenvalue weighted by molar-refractivity contribution is 1.22. The smallest absolute Gasteiger partial charge is 0.156 e. The summed E-state index contributed by atoms with van der Waals surface area (Å²) in [4.78, 5) is 16.5. The SMILES string of the molecule is Cc1cncc(-c2ccnc(-c3ncc(-c4ccccc4)[nH]3)c2)c1. The monoisotopic (exact) mass is 312 g/mol. The van der Waals surface area contributed by atoms with Crippen LogP contribution in [-0.2, 0) is 0 Å². The highest BCUT2D eigenvalue weighted by Gasteiger charge is 2.08. The largest absolute Gasteiger partial charge is 0.337 e. The highest BCUT2D eigenvalue weighted by molar-refractivity contribution is 5.69. The molecule has 0 amide bonds. The Hall–Kier alpha value is -3.27. The van der Waals surface area contributed by atoms with Crippen molar-refractivity contribution in [3.05, 3.63) is 78.9 Å². The standard InChI is InChI=1S/C20H16N4/c1-14-9-17(12-21-11-14)16-7-8-22-18(10-16)20-23-13-19(24-20)15-5-3-2-4-6-15/h2-13H,1H3,(H,23,24). The Morgan fingerprint density at radius 3 is 2.50 bits per heavy atom. The van der Waals surface area contributed by atoms with Crippen molar-refractivity contribution in [1.29, 1.82) is 0 Å². The quantitative estimate of drug-likeness (QED) is 0.605. The Kier molecular flexibility index (Phi) is 3.63. The molecule has 4 aromatic rings. The van der Waals surface area contributed by atoms with E-state index in [1.807, 2.05) is 55.8 Å². The second-order valence-electron chi connectivity index (χ2n) is 5.69. The first kappa shape index (κ1) is 14.3. The molecule has 0 aliphatic carbocycles. The zero-order valence-electron chi connectivity index (χ0n) is 13.3. The van der Waals surface area contributed by atoms with Crippen LogP contribution in [0.2, 0.25) is 0 Å². The van der Waals surface area contributed by atoms with Crippen LogP contribution in [-0.4, -0.2) is 19.9 Å². The molecule has 0 saturated carbocycles. The highest BCUT2D eigenvalue weighted by Crippen LogP contribution is 2.25. The molecule has 0 aliphatic heterocycles. The second-order valence-corrected chi connectivity index (χ2v) is 5.69. The Bertz CT molecular complexity index is 974. The summed E-state index contributed by atoms with van der Waals surface area (Å²) in [6.07, 6.45) is 7.36. The lowest BCUT2D eigenvalue weighted by Crippen LogP contribution is -1.88. The molecule has 24 heavy (non-hydrogen) atoms. The van der Waals surface area contributed by atoms with Gasteiger partial charge in [0.1, 0.15) is 5.69 Å². The Morgan fingerprint density at radius 1 is 0.792 bits per heavy atom. The van der Waals surface area contributed by atoms with E-state index < -0.39 is 0 Å². The van der Waals surface area contributed by atoms with Gasteiger partial charge in [-0.15, -0.1) is 0 Å². The summed E-state index contributed by atoms with van der Waals surface area (Å²) in [5.41, 5.74) is 6.19. The average molecular weight is 312 g/mol. The van der Waals surface area contributed by atoms with Gasteiger partial charge in [0.05, 0.1) is 11.9 Å². The number of aromatic nitrogens is 4. The van der Waals surface area contributed by atoms with E-state index in [2.05, 4.69) is 38.1 Å². The van der Waals surface area contributed by atoms with E-state index in [1.165, 1.54) is 0 Å². The normalized spacial score (nSPS) is 10.7. The molecule has 4 heteroatoms. The highest BCUT2D eigenvalue weighted by atomic mass is 14.9. The number of imidazole rings is 1. The van der Waals surface area contributed by atoms with Gasteiger partial charge in [-0.05, 0) is 41.8 Å². The van der Waals surface area contributed by atoms with Crippen LogP contribution in [0, 0.1) is 6.92 Å². The van der Waals surface area contributed by atoms with Gasteiger partial charge in [-0.1, -0.05) is 30.3 Å². The fraction of sp³-hybridized carbons (Fsp3) is 0.0500. The van der Waals surface area contributed by atoms with Gasteiger partial charge < -0.3 is 4.98 Å². The third kappa shape index (κ3) is 2.82. The van der Waals surface area contributed by atoms with Crippen LogP contribution in [0.15, 0.2) is 73.3 Å². The number of aromatic amines is 1. The van der Waals surface area contributed by atoms with E-state index in [1.54, 1.807) is 6.20 Å². The van der Waals surface area contributed by atoms with Crippen molar-refractivity contribution in [2.45, 2.75) is 6.92 Å². The number of nitrogens with zero attached hydrogens (tertiary/aromatic N) is 3. The fourth-order valence-electron chi connectivity index (χ4n) is 2.67. The number of pyridine rings is 2. The molecule has 0 aliphatic rings. The first-order chi connectivity index (χ1) is 11.8. The number of benzene rings is 1. The van der Waals surface area contributed by atoms with Crippen molar-refractivity contribution in [1.82, 2.24) is 19.9 Å². The molecule has 0 spiro atoms. The van der Waals surface area contributed by atoms with E-state index in [-0.39, 0.29) is 0 Å². The Morgan fingerprint density at radius 2 is 1.67 bits per heavy atom. The van der Waals surface area contributed by atoms with Gasteiger partial charge in [-0.2, -0.15) is 0 Å². The predicted molar refractivity (Wildman–Crippen MR) is 95.2 cm³/mol. The molecule has 3 aromatic heterocycles. The van der Waals surface area contributed by atoms with E-state index >= 15 is 0 Å². The molecule has 0 atom stereocenters. The third-order valence-electron chi connectivity index (χ3n) is 3.87. The summed E-state index contributed by atoms with van der Waals surface area (Å²) >= 11 is 0. The second kappa shape index (κ2) is 6.08. The topological polar surface area (TPSA) is 54.5 Å². The summed E-state index contributed by atoms with van der Waals surface area (Å²) in [6.45, 7) is 2.04. The zero-order chi connectivity index (χ0) is 16.4. The number of nitrogens with one attached hydrogen (secondary N) is 1. The molecule has 4 nitrogen and oxygen atoms in total. The Balaban J connectivity index is 1.71. The molecule has 4 rings (SSSR count). The maximum Gasteiger partial charge on any atom is 0.156 e. The molecule has 0 bridgehead atoms. The number of hydrogen-bond acceptors (Lipinski definition) is 3. The van der Waals surface area contributed by atoms with Gasteiger partial charge in [-0.3, -0.25) is 9.97 Å². The minimum atomic E-state index is 0.760. The van der Waals surface area contributed by atoms with Crippen molar-refractivity contribution < 1.29 is 0 Å². The summed E-state index contributed by atoms with van der Waals surface area (Å²) < 4.78 is 0. The summed E-state index contributed by atoms with van der Waals surface area (Å²) in [7, 11) is 0. The van der Waals surface area contributed by atoms with Crippen LogP contribution in [0.4, 0.5) is 0 Å². The number of hydrogen-bond donors (Lipinski definition) is 1. The van der Waals surface area contributed by atoms with Gasteiger partial charge in [0.25, 0.3) is 0 Å². The molecule has 1 aromatic carbocycles. The lowest BCUT2D eigenvalue weighted by Gasteiger charge is -2.04. The van der Waals surface area contributed by atoms with E-state index in [0.717, 1.165) is 39.5 Å². The summed E-state index contributed by atoms with van der Waals surface area (Å²) in [5, 5.41) is 0. The number of H-pyrrole nitrogens is 1. The molecule has 0 fully saturated rings. The van der Waals surface area contributed by atoms with Crippen LogP contribution >= 0.6 is 0 Å². The molecule has 1 N–H and O–H groups in total. The fourth-order valence-corrected chi connectivity index (χ4v) is 2.67. The third-order valence-corrected chi connectivity index (χ3v) is 3.87. The van der Waals surface area contributed by atoms with Gasteiger partial charge >= 0.3 is 0 Å². The van der Waals surface area contributed by atoms with Crippen LogP contribution in [0.1, 0.15) is 5.56 Å². The average Bonchev–Trinajstić information content (AvgIpc) is 3.13. The van der Waals surface area contributed by atoms with Crippen molar-refractivity contribution >= 4 is 0 Å². The first-order valence-electron chi connectivity index (χ1n) is 7.78. The molecule has 0 saturated heterocycles. The first-order valence-corrected chi connectivity index (χ1v) is 7.78. The zero-order valence-corrected chi connectivity index (χ0v) is 13.3. The van der Waals surface area contributed by atoms with Crippen molar-refractivity contribution in [2.24, 2.45) is 0 Å². The van der Waals surface area contributed by atoms with Crippen LogP contribution in [0.25, 0.3) is 33.9 Å². The molecular formula is C20H16N4. The predicted octanol–water partition coefficient (Wildman–Crippen LogP) is 4.51. The minimum absolute atomic E-state index is 0.760. The van der Waals surface area contributed by atoms with E-state index in [9.17, 15) is 0 Å². The van der Waals surface area contributed by atoms with Gasteiger partial charge in [0.15, 0.2) is 5.82 Å². The molecule has 116 valence electrons. The molecule has 0 radical (unpaired) electrons. The van der Waals surface area contributed by atoms with Gasteiger partial charge in [0.2, 0.25) is 0 Å². The Labute approximate surface area is 140 Å². The van der Waals surface area contributed by atoms with Crippen molar-refractivity contribution in [3.8, 4) is 33.9 Å². The van der Waals surface area contributed by atoms with Gasteiger partial charge in [-0.25, -0.2) is 4.98 Å². The van der Waals surface area contributed by atoms with Crippen LogP contribution < -0.4 is 0 Å². The maximum absolute atomic E-state index is 4.48. The maximum atomic E-state index is 4.48.